The van der Waals surface area contributed by atoms with Gasteiger partial charge in [-0.2, -0.15) is 5.21 Å². The van der Waals surface area contributed by atoms with Gasteiger partial charge in [0.1, 0.15) is 5.75 Å². The molecule has 36 heavy (non-hydrogen) atoms. The lowest BCUT2D eigenvalue weighted by molar-refractivity contribution is -0.133. The molecule has 4 aromatic rings. The summed E-state index contributed by atoms with van der Waals surface area (Å²) in [7, 11) is 0. The van der Waals surface area contributed by atoms with Gasteiger partial charge >= 0.3 is 0 Å². The van der Waals surface area contributed by atoms with E-state index in [9.17, 15) is 9.90 Å². The van der Waals surface area contributed by atoms with Crippen LogP contribution in [0.1, 0.15) is 37.3 Å². The van der Waals surface area contributed by atoms with Gasteiger partial charge in [0.25, 0.3) is 0 Å². The Labute approximate surface area is 211 Å². The van der Waals surface area contributed by atoms with E-state index in [0.717, 1.165) is 47.1 Å². The summed E-state index contributed by atoms with van der Waals surface area (Å²) in [6, 6.07) is 22.3. The fraction of sp³-hybridized carbons (Fsp3) is 0.286. The number of nitrogens with zero attached hydrogens (tertiary/aromatic N) is 4. The Morgan fingerprint density at radius 2 is 1.67 bits per heavy atom. The van der Waals surface area contributed by atoms with Crippen LogP contribution in [0.4, 0.5) is 0 Å². The van der Waals surface area contributed by atoms with Gasteiger partial charge in [-0.3, -0.25) is 4.79 Å². The number of tetrazole rings is 1. The summed E-state index contributed by atoms with van der Waals surface area (Å²) in [5, 5.41) is 23.9. The molecule has 0 saturated carbocycles. The first kappa shape index (κ1) is 25.1. The van der Waals surface area contributed by atoms with E-state index in [1.165, 1.54) is 0 Å². The van der Waals surface area contributed by atoms with Crippen molar-refractivity contribution in [2.24, 2.45) is 5.73 Å². The SMILES string of the molecule is CCCCCN(Cc1ccc(-c2ccccc2-c2nn[nH]n2)cc1)C(=O)[C@@H](N)Cc1ccc(O)cc1. The molecule has 1 atom stereocenters. The van der Waals surface area contributed by atoms with Crippen molar-refractivity contribution in [3.63, 3.8) is 0 Å². The number of hydrogen-bond acceptors (Lipinski definition) is 6. The maximum atomic E-state index is 13.3. The third kappa shape index (κ3) is 6.34. The van der Waals surface area contributed by atoms with E-state index in [0.29, 0.717) is 25.3 Å². The monoisotopic (exact) mass is 484 g/mol. The number of carbonyl (C=O) groups is 1. The molecule has 4 N–H and O–H groups in total. The lowest BCUT2D eigenvalue weighted by Crippen LogP contribution is -2.45. The highest BCUT2D eigenvalue weighted by molar-refractivity contribution is 5.82. The number of carbonyl (C=O) groups excluding carboxylic acids is 1. The number of aromatic nitrogens is 4. The number of H-pyrrole nitrogens is 1. The Hall–Kier alpha value is -4.04. The van der Waals surface area contributed by atoms with Crippen LogP contribution in [0, 0.1) is 0 Å². The van der Waals surface area contributed by atoms with E-state index in [4.69, 9.17) is 5.73 Å². The summed E-state index contributed by atoms with van der Waals surface area (Å²) < 4.78 is 0. The topological polar surface area (TPSA) is 121 Å². The summed E-state index contributed by atoms with van der Waals surface area (Å²) >= 11 is 0. The van der Waals surface area contributed by atoms with Gasteiger partial charge < -0.3 is 15.7 Å². The van der Waals surface area contributed by atoms with Gasteiger partial charge in [0.15, 0.2) is 0 Å². The summed E-state index contributed by atoms with van der Waals surface area (Å²) in [5.74, 6) is 0.680. The molecule has 4 rings (SSSR count). The minimum atomic E-state index is -0.641. The van der Waals surface area contributed by atoms with Crippen molar-refractivity contribution in [3.8, 4) is 28.3 Å². The van der Waals surface area contributed by atoms with Crippen molar-refractivity contribution in [2.45, 2.75) is 45.2 Å². The molecule has 0 saturated heterocycles. The molecule has 0 bridgehead atoms. The van der Waals surface area contributed by atoms with Gasteiger partial charge in [0.05, 0.1) is 6.04 Å². The molecule has 0 spiro atoms. The minimum Gasteiger partial charge on any atom is -0.508 e. The van der Waals surface area contributed by atoms with Gasteiger partial charge in [-0.1, -0.05) is 80.4 Å². The number of phenols is 1. The van der Waals surface area contributed by atoms with Gasteiger partial charge in [-0.15, -0.1) is 10.2 Å². The fourth-order valence-corrected chi connectivity index (χ4v) is 4.24. The maximum Gasteiger partial charge on any atom is 0.240 e. The molecular weight excluding hydrogens is 452 g/mol. The van der Waals surface area contributed by atoms with Gasteiger partial charge in [-0.05, 0) is 52.4 Å². The quantitative estimate of drug-likeness (QED) is 0.273. The average molecular weight is 485 g/mol. The molecule has 8 heteroatoms. The largest absolute Gasteiger partial charge is 0.508 e. The molecule has 1 amide bonds. The zero-order valence-corrected chi connectivity index (χ0v) is 20.5. The Morgan fingerprint density at radius 3 is 2.33 bits per heavy atom. The number of unbranched alkanes of at least 4 members (excludes halogenated alkanes) is 2. The lowest BCUT2D eigenvalue weighted by atomic mass is 9.98. The number of aromatic amines is 1. The van der Waals surface area contributed by atoms with Crippen LogP contribution in [-0.4, -0.2) is 49.1 Å². The normalized spacial score (nSPS) is 11.8. The van der Waals surface area contributed by atoms with Crippen LogP contribution in [-0.2, 0) is 17.8 Å². The molecule has 0 aliphatic heterocycles. The first-order valence-electron chi connectivity index (χ1n) is 12.3. The second kappa shape index (κ2) is 12.1. The molecular formula is C28H32N6O2. The number of hydrogen-bond donors (Lipinski definition) is 3. The van der Waals surface area contributed by atoms with Crippen molar-refractivity contribution >= 4 is 5.91 Å². The van der Waals surface area contributed by atoms with Crippen LogP contribution < -0.4 is 5.73 Å². The molecule has 1 heterocycles. The number of phenolic OH excluding ortho intramolecular Hbond substituents is 1. The second-order valence-electron chi connectivity index (χ2n) is 8.92. The van der Waals surface area contributed by atoms with Crippen LogP contribution in [0.5, 0.6) is 5.75 Å². The summed E-state index contributed by atoms with van der Waals surface area (Å²) in [6.07, 6.45) is 3.50. The molecule has 0 unspecified atom stereocenters. The third-order valence-electron chi connectivity index (χ3n) is 6.20. The number of rotatable bonds is 11. The predicted octanol–water partition coefficient (Wildman–Crippen LogP) is 4.33. The Balaban J connectivity index is 1.49. The van der Waals surface area contributed by atoms with Crippen molar-refractivity contribution in [1.82, 2.24) is 25.5 Å². The highest BCUT2D eigenvalue weighted by Crippen LogP contribution is 2.30. The van der Waals surface area contributed by atoms with Crippen molar-refractivity contribution in [3.05, 3.63) is 83.9 Å². The summed E-state index contributed by atoms with van der Waals surface area (Å²) in [5.41, 5.74) is 11.2. The fourth-order valence-electron chi connectivity index (χ4n) is 4.24. The van der Waals surface area contributed by atoms with Crippen LogP contribution in [0.25, 0.3) is 22.5 Å². The number of nitrogens with one attached hydrogen (secondary N) is 1. The van der Waals surface area contributed by atoms with E-state index >= 15 is 0 Å². The van der Waals surface area contributed by atoms with Crippen molar-refractivity contribution < 1.29 is 9.90 Å². The second-order valence-corrected chi connectivity index (χ2v) is 8.92. The number of amides is 1. The Morgan fingerprint density at radius 1 is 0.972 bits per heavy atom. The maximum absolute atomic E-state index is 13.3. The molecule has 0 aliphatic rings. The Kier molecular flexibility index (Phi) is 8.41. The van der Waals surface area contributed by atoms with Crippen LogP contribution in [0.3, 0.4) is 0 Å². The zero-order valence-electron chi connectivity index (χ0n) is 20.5. The lowest BCUT2D eigenvalue weighted by Gasteiger charge is -2.26. The predicted molar refractivity (Wildman–Crippen MR) is 140 cm³/mol. The van der Waals surface area contributed by atoms with Gasteiger partial charge in [-0.25, -0.2) is 0 Å². The molecule has 1 aromatic heterocycles. The van der Waals surface area contributed by atoms with Crippen LogP contribution in [0.15, 0.2) is 72.8 Å². The molecule has 0 fully saturated rings. The summed E-state index contributed by atoms with van der Waals surface area (Å²) in [6.45, 7) is 3.31. The zero-order chi connectivity index (χ0) is 25.3. The van der Waals surface area contributed by atoms with E-state index in [1.54, 1.807) is 24.3 Å². The first-order valence-corrected chi connectivity index (χ1v) is 12.3. The first-order chi connectivity index (χ1) is 17.5. The van der Waals surface area contributed by atoms with E-state index in [-0.39, 0.29) is 11.7 Å². The standard InChI is InChI=1S/C28H32N6O2/c1-2-3-6-17-34(28(36)26(29)18-20-11-15-23(35)16-12-20)19-21-9-13-22(14-10-21)24-7-4-5-8-25(24)27-30-32-33-31-27/h4-5,7-16,26,35H,2-3,6,17-19,29H2,1H3,(H,30,31,32,33)/t26-/m0/s1. The van der Waals surface area contributed by atoms with E-state index in [2.05, 4.69) is 39.7 Å². The van der Waals surface area contributed by atoms with Crippen LogP contribution in [0.2, 0.25) is 0 Å². The molecule has 186 valence electrons. The molecule has 0 aliphatic carbocycles. The highest BCUT2D eigenvalue weighted by Gasteiger charge is 2.21. The average Bonchev–Trinajstić information content (AvgIpc) is 3.44. The molecule has 3 aromatic carbocycles. The van der Waals surface area contributed by atoms with E-state index in [1.807, 2.05) is 41.3 Å². The molecule has 0 radical (unpaired) electrons. The number of benzene rings is 3. The third-order valence-corrected chi connectivity index (χ3v) is 6.20. The minimum absolute atomic E-state index is 0.0642. The smallest absolute Gasteiger partial charge is 0.240 e. The summed E-state index contributed by atoms with van der Waals surface area (Å²) in [4.78, 5) is 15.2. The number of aromatic hydroxyl groups is 1. The Bertz CT molecular complexity index is 1240. The molecule has 8 nitrogen and oxygen atoms in total. The van der Waals surface area contributed by atoms with Gasteiger partial charge in [0.2, 0.25) is 11.7 Å². The highest BCUT2D eigenvalue weighted by atomic mass is 16.3. The van der Waals surface area contributed by atoms with E-state index < -0.39 is 6.04 Å². The van der Waals surface area contributed by atoms with Crippen LogP contribution >= 0.6 is 0 Å². The van der Waals surface area contributed by atoms with Gasteiger partial charge in [0, 0.05) is 18.7 Å². The van der Waals surface area contributed by atoms with Crippen molar-refractivity contribution in [1.29, 1.82) is 0 Å². The number of nitrogens with two attached hydrogens (primary N) is 1. The van der Waals surface area contributed by atoms with Crippen molar-refractivity contribution in [2.75, 3.05) is 6.54 Å².